The number of benzene rings is 1. The molecule has 1 aromatic carbocycles. The summed E-state index contributed by atoms with van der Waals surface area (Å²) < 4.78 is 4.87. The first-order valence-corrected chi connectivity index (χ1v) is 5.74. The number of carbonyl (C=O) groups excluding carboxylic acids is 1. The summed E-state index contributed by atoms with van der Waals surface area (Å²) in [6.07, 6.45) is 1.59. The van der Waals surface area contributed by atoms with Crippen molar-refractivity contribution in [1.29, 1.82) is 0 Å². The molecule has 0 radical (unpaired) electrons. The standard InChI is InChI=1S/C14H17NO3/c1-3-18-14(17)12(10-15-2)13(16)9-11-7-5-4-6-8-11/h4-8,10,16H,3,9H2,1-2H3. The molecule has 0 aliphatic rings. The first-order chi connectivity index (χ1) is 8.69. The van der Waals surface area contributed by atoms with Gasteiger partial charge in [-0.3, -0.25) is 4.99 Å². The maximum absolute atomic E-state index is 11.6. The number of hydrogen-bond donors (Lipinski definition) is 1. The molecule has 0 aliphatic heterocycles. The fourth-order valence-corrected chi connectivity index (χ4v) is 1.47. The van der Waals surface area contributed by atoms with Crippen LogP contribution in [0.5, 0.6) is 0 Å². The minimum atomic E-state index is -0.559. The topological polar surface area (TPSA) is 58.9 Å². The van der Waals surface area contributed by atoms with E-state index >= 15 is 0 Å². The van der Waals surface area contributed by atoms with Gasteiger partial charge >= 0.3 is 5.97 Å². The normalized spacial score (nSPS) is 12.3. The molecule has 0 heterocycles. The van der Waals surface area contributed by atoms with Gasteiger partial charge in [0.05, 0.1) is 6.61 Å². The number of aliphatic hydroxyl groups is 1. The first-order valence-electron chi connectivity index (χ1n) is 5.74. The summed E-state index contributed by atoms with van der Waals surface area (Å²) in [7, 11) is 1.54. The quantitative estimate of drug-likeness (QED) is 0.376. The van der Waals surface area contributed by atoms with Crippen molar-refractivity contribution in [3.8, 4) is 0 Å². The Morgan fingerprint density at radius 3 is 2.61 bits per heavy atom. The van der Waals surface area contributed by atoms with Crippen LogP contribution in [0.4, 0.5) is 0 Å². The molecule has 0 aromatic heterocycles. The van der Waals surface area contributed by atoms with Crippen molar-refractivity contribution in [2.75, 3.05) is 13.7 Å². The SMILES string of the molecule is CCOC(=O)C(C=NC)=C(O)Cc1ccccc1. The highest BCUT2D eigenvalue weighted by Crippen LogP contribution is 2.10. The van der Waals surface area contributed by atoms with Crippen molar-refractivity contribution in [2.45, 2.75) is 13.3 Å². The molecular formula is C14H17NO3. The lowest BCUT2D eigenvalue weighted by Crippen LogP contribution is -2.12. The summed E-state index contributed by atoms with van der Waals surface area (Å²) in [5.74, 6) is -0.596. The maximum Gasteiger partial charge on any atom is 0.343 e. The Bertz CT molecular complexity index is 449. The average molecular weight is 247 g/mol. The van der Waals surface area contributed by atoms with E-state index in [0.29, 0.717) is 0 Å². The van der Waals surface area contributed by atoms with Crippen LogP contribution in [-0.4, -0.2) is 30.9 Å². The van der Waals surface area contributed by atoms with Gasteiger partial charge in [-0.25, -0.2) is 4.79 Å². The zero-order valence-electron chi connectivity index (χ0n) is 10.6. The Labute approximate surface area is 107 Å². The zero-order valence-corrected chi connectivity index (χ0v) is 10.6. The van der Waals surface area contributed by atoms with Crippen molar-refractivity contribution in [2.24, 2.45) is 4.99 Å². The lowest BCUT2D eigenvalue weighted by atomic mass is 10.1. The monoisotopic (exact) mass is 247 g/mol. The van der Waals surface area contributed by atoms with E-state index in [4.69, 9.17) is 4.74 Å². The lowest BCUT2D eigenvalue weighted by Gasteiger charge is -2.06. The number of esters is 1. The molecule has 0 amide bonds. The molecule has 96 valence electrons. The Hall–Kier alpha value is -2.10. The minimum absolute atomic E-state index is 0.0368. The molecule has 1 N–H and O–H groups in total. The number of aliphatic imine (C=N–C) groups is 1. The Morgan fingerprint density at radius 2 is 2.06 bits per heavy atom. The highest BCUT2D eigenvalue weighted by Gasteiger charge is 2.14. The number of allylic oxidation sites excluding steroid dienone is 1. The van der Waals surface area contributed by atoms with Crippen LogP contribution in [0.2, 0.25) is 0 Å². The first kappa shape index (κ1) is 14.0. The van der Waals surface area contributed by atoms with Crippen molar-refractivity contribution >= 4 is 12.2 Å². The molecular weight excluding hydrogens is 230 g/mol. The van der Waals surface area contributed by atoms with Crippen LogP contribution in [0.1, 0.15) is 12.5 Å². The molecule has 1 aromatic rings. The molecule has 0 bridgehead atoms. The minimum Gasteiger partial charge on any atom is -0.511 e. The summed E-state index contributed by atoms with van der Waals surface area (Å²) in [6, 6.07) is 9.40. The predicted octanol–water partition coefficient (Wildman–Crippen LogP) is 2.30. The van der Waals surface area contributed by atoms with Gasteiger partial charge in [0.1, 0.15) is 11.3 Å². The molecule has 1 rings (SSSR count). The highest BCUT2D eigenvalue weighted by atomic mass is 16.5. The molecule has 0 atom stereocenters. The Balaban J connectivity index is 2.94. The van der Waals surface area contributed by atoms with Crippen LogP contribution >= 0.6 is 0 Å². The van der Waals surface area contributed by atoms with Gasteiger partial charge in [-0.15, -0.1) is 0 Å². The average Bonchev–Trinajstić information content (AvgIpc) is 2.37. The van der Waals surface area contributed by atoms with Gasteiger partial charge in [-0.05, 0) is 12.5 Å². The molecule has 0 fully saturated rings. The summed E-state index contributed by atoms with van der Waals surface area (Å²) in [6.45, 7) is 1.98. The molecule has 0 aliphatic carbocycles. The number of aliphatic hydroxyl groups excluding tert-OH is 1. The van der Waals surface area contributed by atoms with Gasteiger partial charge in [0.25, 0.3) is 0 Å². The van der Waals surface area contributed by atoms with Gasteiger partial charge < -0.3 is 9.84 Å². The fraction of sp³-hybridized carbons (Fsp3) is 0.286. The van der Waals surface area contributed by atoms with E-state index in [1.54, 1.807) is 6.92 Å². The van der Waals surface area contributed by atoms with Gasteiger partial charge in [0.15, 0.2) is 0 Å². The van der Waals surface area contributed by atoms with Gasteiger partial charge in [0, 0.05) is 19.7 Å². The number of rotatable bonds is 5. The predicted molar refractivity (Wildman–Crippen MR) is 70.8 cm³/mol. The lowest BCUT2D eigenvalue weighted by molar-refractivity contribution is -0.138. The second-order valence-corrected chi connectivity index (χ2v) is 3.63. The summed E-state index contributed by atoms with van der Waals surface area (Å²) in [4.78, 5) is 15.4. The van der Waals surface area contributed by atoms with E-state index in [1.807, 2.05) is 30.3 Å². The number of carbonyl (C=O) groups is 1. The van der Waals surface area contributed by atoms with Gasteiger partial charge in [0.2, 0.25) is 0 Å². The molecule has 4 heteroatoms. The molecule has 0 saturated heterocycles. The third kappa shape index (κ3) is 4.05. The van der Waals surface area contributed by atoms with Gasteiger partial charge in [-0.2, -0.15) is 0 Å². The summed E-state index contributed by atoms with van der Waals surface area (Å²) >= 11 is 0. The fourth-order valence-electron chi connectivity index (χ4n) is 1.47. The van der Waals surface area contributed by atoms with Crippen LogP contribution in [0.25, 0.3) is 0 Å². The second-order valence-electron chi connectivity index (χ2n) is 3.63. The van der Waals surface area contributed by atoms with E-state index in [-0.39, 0.29) is 24.4 Å². The van der Waals surface area contributed by atoms with E-state index < -0.39 is 5.97 Å². The maximum atomic E-state index is 11.6. The molecule has 4 nitrogen and oxygen atoms in total. The van der Waals surface area contributed by atoms with Crippen molar-refractivity contribution in [3.05, 3.63) is 47.2 Å². The second kappa shape index (κ2) is 7.27. The number of hydrogen-bond acceptors (Lipinski definition) is 4. The molecule has 0 spiro atoms. The van der Waals surface area contributed by atoms with E-state index in [0.717, 1.165) is 5.56 Å². The Morgan fingerprint density at radius 1 is 1.39 bits per heavy atom. The largest absolute Gasteiger partial charge is 0.511 e. The van der Waals surface area contributed by atoms with Crippen molar-refractivity contribution in [1.82, 2.24) is 0 Å². The highest BCUT2D eigenvalue weighted by molar-refractivity contribution is 6.09. The third-order valence-corrected chi connectivity index (χ3v) is 2.28. The van der Waals surface area contributed by atoms with Crippen LogP contribution < -0.4 is 0 Å². The van der Waals surface area contributed by atoms with E-state index in [1.165, 1.54) is 13.3 Å². The smallest absolute Gasteiger partial charge is 0.343 e. The van der Waals surface area contributed by atoms with Crippen LogP contribution in [0.15, 0.2) is 46.7 Å². The third-order valence-electron chi connectivity index (χ3n) is 2.28. The number of nitrogens with zero attached hydrogens (tertiary/aromatic N) is 1. The summed E-state index contributed by atoms with van der Waals surface area (Å²) in [5.41, 5.74) is 1.02. The van der Waals surface area contributed by atoms with Crippen molar-refractivity contribution < 1.29 is 14.6 Å². The number of ether oxygens (including phenoxy) is 1. The van der Waals surface area contributed by atoms with Crippen LogP contribution in [0, 0.1) is 0 Å². The van der Waals surface area contributed by atoms with Crippen molar-refractivity contribution in [3.63, 3.8) is 0 Å². The summed E-state index contributed by atoms with van der Waals surface area (Å²) in [5, 5.41) is 9.98. The zero-order chi connectivity index (χ0) is 13.4. The van der Waals surface area contributed by atoms with E-state index in [2.05, 4.69) is 4.99 Å². The van der Waals surface area contributed by atoms with Crippen LogP contribution in [0.3, 0.4) is 0 Å². The van der Waals surface area contributed by atoms with Gasteiger partial charge in [-0.1, -0.05) is 30.3 Å². The Kier molecular flexibility index (Phi) is 5.64. The molecule has 18 heavy (non-hydrogen) atoms. The van der Waals surface area contributed by atoms with E-state index in [9.17, 15) is 9.90 Å². The molecule has 0 saturated carbocycles. The van der Waals surface area contributed by atoms with Crippen LogP contribution in [-0.2, 0) is 16.0 Å². The molecule has 0 unspecified atom stereocenters.